The number of benzene rings is 2. The average molecular weight is 427 g/mol. The number of thioether (sulfide) groups is 1. The van der Waals surface area contributed by atoms with Gasteiger partial charge in [-0.3, -0.25) is 9.59 Å². The molecule has 3 aromatic rings. The molecular weight excluding hydrogens is 404 g/mol. The van der Waals surface area contributed by atoms with Gasteiger partial charge in [-0.1, -0.05) is 35.2 Å². The van der Waals surface area contributed by atoms with Crippen molar-refractivity contribution < 1.29 is 9.59 Å². The summed E-state index contributed by atoms with van der Waals surface area (Å²) >= 11 is 2.77. The summed E-state index contributed by atoms with van der Waals surface area (Å²) in [4.78, 5) is 23.8. The average Bonchev–Trinajstić information content (AvgIpc) is 3.12. The van der Waals surface area contributed by atoms with E-state index in [4.69, 9.17) is 0 Å². The van der Waals surface area contributed by atoms with E-state index in [1.807, 2.05) is 19.1 Å². The fraction of sp³-hybridized carbons (Fsp3) is 0.238. The predicted octanol–water partition coefficient (Wildman–Crippen LogP) is 5.22. The Hall–Kier alpha value is -2.71. The third-order valence-electron chi connectivity index (χ3n) is 4.46. The molecule has 1 amide bonds. The normalized spacial score (nSPS) is 11.7. The van der Waals surface area contributed by atoms with Crippen LogP contribution in [0, 0.1) is 13.8 Å². The third kappa shape index (κ3) is 5.42. The van der Waals surface area contributed by atoms with Crippen LogP contribution in [0.4, 0.5) is 16.5 Å². The molecule has 2 N–H and O–H groups in total. The third-order valence-corrected chi connectivity index (χ3v) is 6.48. The van der Waals surface area contributed by atoms with Crippen LogP contribution in [0.1, 0.15) is 35.3 Å². The van der Waals surface area contributed by atoms with Crippen LogP contribution >= 0.6 is 23.1 Å². The van der Waals surface area contributed by atoms with E-state index in [1.165, 1.54) is 41.1 Å². The van der Waals surface area contributed by atoms with E-state index in [2.05, 4.69) is 40.7 Å². The first-order valence-corrected chi connectivity index (χ1v) is 10.8. The highest BCUT2D eigenvalue weighted by Crippen LogP contribution is 2.32. The molecular formula is C21H22N4O2S2. The molecule has 8 heteroatoms. The van der Waals surface area contributed by atoms with Crippen LogP contribution in [0.25, 0.3) is 0 Å². The van der Waals surface area contributed by atoms with Crippen molar-refractivity contribution in [2.75, 3.05) is 10.6 Å². The lowest BCUT2D eigenvalue weighted by Gasteiger charge is -2.10. The van der Waals surface area contributed by atoms with Crippen molar-refractivity contribution in [2.24, 2.45) is 0 Å². The molecule has 1 unspecified atom stereocenters. The molecule has 6 nitrogen and oxygen atoms in total. The van der Waals surface area contributed by atoms with E-state index < -0.39 is 0 Å². The van der Waals surface area contributed by atoms with Crippen molar-refractivity contribution in [1.29, 1.82) is 0 Å². The molecule has 0 fully saturated rings. The van der Waals surface area contributed by atoms with Gasteiger partial charge in [-0.2, -0.15) is 0 Å². The zero-order valence-corrected chi connectivity index (χ0v) is 18.3. The summed E-state index contributed by atoms with van der Waals surface area (Å²) in [5.41, 5.74) is 4.64. The smallest absolute Gasteiger partial charge is 0.237 e. The van der Waals surface area contributed by atoms with E-state index in [0.29, 0.717) is 20.7 Å². The number of Topliss-reactive ketones (excluding diaryl/α,β-unsaturated/α-hetero) is 1. The molecule has 150 valence electrons. The number of anilines is 3. The number of nitrogens with one attached hydrogen (secondary N) is 2. The Morgan fingerprint density at radius 3 is 2.48 bits per heavy atom. The number of aromatic nitrogens is 2. The highest BCUT2D eigenvalue weighted by molar-refractivity contribution is 8.02. The Kier molecular flexibility index (Phi) is 6.66. The SMILES string of the molecule is CC(=O)c1ccc(NC(=O)C(C)Sc2nnc(Nc3cccc(C)c3C)s2)cc1. The largest absolute Gasteiger partial charge is 0.330 e. The summed E-state index contributed by atoms with van der Waals surface area (Å²) in [6, 6.07) is 12.9. The van der Waals surface area contributed by atoms with Gasteiger partial charge in [0, 0.05) is 16.9 Å². The molecule has 0 aliphatic heterocycles. The number of ketones is 1. The van der Waals surface area contributed by atoms with Crippen LogP contribution in [0.2, 0.25) is 0 Å². The molecule has 0 spiro atoms. The number of aryl methyl sites for hydroxylation is 1. The maximum atomic E-state index is 12.5. The first kappa shape index (κ1) is 21.0. The summed E-state index contributed by atoms with van der Waals surface area (Å²) in [7, 11) is 0. The highest BCUT2D eigenvalue weighted by atomic mass is 32.2. The van der Waals surface area contributed by atoms with E-state index in [-0.39, 0.29) is 16.9 Å². The molecule has 1 aromatic heterocycles. The van der Waals surface area contributed by atoms with Crippen LogP contribution < -0.4 is 10.6 Å². The van der Waals surface area contributed by atoms with Crippen LogP contribution in [0.3, 0.4) is 0 Å². The molecule has 1 heterocycles. The molecule has 0 saturated heterocycles. The zero-order valence-electron chi connectivity index (χ0n) is 16.6. The predicted molar refractivity (Wildman–Crippen MR) is 120 cm³/mol. The van der Waals surface area contributed by atoms with Gasteiger partial charge in [-0.25, -0.2) is 0 Å². The van der Waals surface area contributed by atoms with Crippen LogP contribution in [-0.2, 0) is 4.79 Å². The van der Waals surface area contributed by atoms with E-state index in [9.17, 15) is 9.59 Å². The summed E-state index contributed by atoms with van der Waals surface area (Å²) in [6.07, 6.45) is 0. The van der Waals surface area contributed by atoms with Gasteiger partial charge < -0.3 is 10.6 Å². The van der Waals surface area contributed by atoms with Gasteiger partial charge in [-0.15, -0.1) is 10.2 Å². The Balaban J connectivity index is 1.59. The standard InChI is InChI=1S/C21H22N4O2S2/c1-12-6-5-7-18(13(12)2)23-20-24-25-21(29-20)28-15(4)19(27)22-17-10-8-16(9-11-17)14(3)26/h5-11,15H,1-4H3,(H,22,27)(H,23,24). The van der Waals surface area contributed by atoms with Crippen LogP contribution in [-0.4, -0.2) is 27.1 Å². The fourth-order valence-corrected chi connectivity index (χ4v) is 4.45. The van der Waals surface area contributed by atoms with Crippen molar-refractivity contribution in [3.63, 3.8) is 0 Å². The van der Waals surface area contributed by atoms with Crippen molar-refractivity contribution in [1.82, 2.24) is 10.2 Å². The second-order valence-corrected chi connectivity index (χ2v) is 9.19. The van der Waals surface area contributed by atoms with E-state index in [0.717, 1.165) is 5.69 Å². The molecule has 0 radical (unpaired) electrons. The highest BCUT2D eigenvalue weighted by Gasteiger charge is 2.18. The lowest BCUT2D eigenvalue weighted by molar-refractivity contribution is -0.115. The van der Waals surface area contributed by atoms with Gasteiger partial charge in [0.15, 0.2) is 10.1 Å². The van der Waals surface area contributed by atoms with Crippen LogP contribution in [0.15, 0.2) is 46.8 Å². The summed E-state index contributed by atoms with van der Waals surface area (Å²) in [5.74, 6) is -0.141. The Morgan fingerprint density at radius 2 is 1.79 bits per heavy atom. The van der Waals surface area contributed by atoms with Gasteiger partial charge in [0.2, 0.25) is 11.0 Å². The van der Waals surface area contributed by atoms with Crippen LogP contribution in [0.5, 0.6) is 0 Å². The maximum absolute atomic E-state index is 12.5. The minimum Gasteiger partial charge on any atom is -0.330 e. The molecule has 3 rings (SSSR count). The Morgan fingerprint density at radius 1 is 1.07 bits per heavy atom. The molecule has 29 heavy (non-hydrogen) atoms. The first-order valence-electron chi connectivity index (χ1n) is 9.08. The molecule has 0 aliphatic carbocycles. The zero-order chi connectivity index (χ0) is 21.0. The molecule has 1 atom stereocenters. The first-order chi connectivity index (χ1) is 13.8. The van der Waals surface area contributed by atoms with Gasteiger partial charge in [0.05, 0.1) is 5.25 Å². The fourth-order valence-electron chi connectivity index (χ4n) is 2.55. The lowest BCUT2D eigenvalue weighted by Crippen LogP contribution is -2.22. The number of rotatable bonds is 7. The number of hydrogen-bond donors (Lipinski definition) is 2. The quantitative estimate of drug-likeness (QED) is 0.398. The summed E-state index contributed by atoms with van der Waals surface area (Å²) in [5, 5.41) is 14.9. The molecule has 2 aromatic carbocycles. The summed E-state index contributed by atoms with van der Waals surface area (Å²) < 4.78 is 0.715. The number of amides is 1. The van der Waals surface area contributed by atoms with Gasteiger partial charge in [0.1, 0.15) is 0 Å². The van der Waals surface area contributed by atoms with E-state index >= 15 is 0 Å². The second-order valence-electron chi connectivity index (χ2n) is 6.63. The van der Waals surface area contributed by atoms with Crippen molar-refractivity contribution >= 4 is 51.3 Å². The monoisotopic (exact) mass is 426 g/mol. The van der Waals surface area contributed by atoms with Gasteiger partial charge >= 0.3 is 0 Å². The van der Waals surface area contributed by atoms with Crippen molar-refractivity contribution in [3.8, 4) is 0 Å². The van der Waals surface area contributed by atoms with Crippen molar-refractivity contribution in [3.05, 3.63) is 59.2 Å². The summed E-state index contributed by atoms with van der Waals surface area (Å²) in [6.45, 7) is 7.46. The van der Waals surface area contributed by atoms with Gasteiger partial charge in [0.25, 0.3) is 0 Å². The Bertz CT molecular complexity index is 1030. The minimum atomic E-state index is -0.344. The van der Waals surface area contributed by atoms with Crippen molar-refractivity contribution in [2.45, 2.75) is 37.3 Å². The second kappa shape index (κ2) is 9.19. The van der Waals surface area contributed by atoms with Gasteiger partial charge in [-0.05, 0) is 69.2 Å². The molecule has 0 bridgehead atoms. The lowest BCUT2D eigenvalue weighted by atomic mass is 10.1. The topological polar surface area (TPSA) is 84.0 Å². The Labute approximate surface area is 178 Å². The number of carbonyl (C=O) groups excluding carboxylic acids is 2. The maximum Gasteiger partial charge on any atom is 0.237 e. The minimum absolute atomic E-state index is 0.00617. The molecule has 0 aliphatic rings. The van der Waals surface area contributed by atoms with E-state index in [1.54, 1.807) is 24.3 Å². The number of nitrogens with zero attached hydrogens (tertiary/aromatic N) is 2. The number of carbonyl (C=O) groups is 2. The molecule has 0 saturated carbocycles. The number of hydrogen-bond acceptors (Lipinski definition) is 7.